The van der Waals surface area contributed by atoms with Crippen molar-refractivity contribution < 1.29 is 26.4 Å². The fraction of sp³-hybridized carbons (Fsp3) is 0.412. The molecule has 158 valence electrons. The number of halogens is 3. The summed E-state index contributed by atoms with van der Waals surface area (Å²) >= 11 is 0. The van der Waals surface area contributed by atoms with Gasteiger partial charge in [-0.05, 0) is 31.5 Å². The zero-order valence-electron chi connectivity index (χ0n) is 15.9. The summed E-state index contributed by atoms with van der Waals surface area (Å²) in [5.41, 5.74) is 0.261. The average Bonchev–Trinajstić information content (AvgIpc) is 2.95. The van der Waals surface area contributed by atoms with Crippen molar-refractivity contribution in [3.63, 3.8) is 0 Å². The van der Waals surface area contributed by atoms with E-state index in [0.717, 1.165) is 16.4 Å². The standard InChI is InChI=1S/C17H20F3N5O3S/c1-10-13(9-24(2)22-10)14-8-15(25(3)29(27,28)23-14)16(26)21-12-6-4-5-11(7-12)17(18,19)20/h4-7,9,14-15,23H,8H2,1-3H3,(H,21,26)/t14-,15-/m1/s1. The van der Waals surface area contributed by atoms with Gasteiger partial charge in [-0.1, -0.05) is 6.07 Å². The van der Waals surface area contributed by atoms with Gasteiger partial charge in [0.25, 0.3) is 10.2 Å². The Bertz CT molecular complexity index is 1040. The topological polar surface area (TPSA) is 96.3 Å². The zero-order chi connectivity index (χ0) is 21.6. The normalized spacial score (nSPS) is 22.4. The maximum Gasteiger partial charge on any atom is 0.416 e. The molecule has 1 aliphatic heterocycles. The predicted octanol–water partition coefficient (Wildman–Crippen LogP) is 1.97. The van der Waals surface area contributed by atoms with Crippen LogP contribution in [-0.2, 0) is 28.2 Å². The van der Waals surface area contributed by atoms with E-state index in [2.05, 4.69) is 15.1 Å². The van der Waals surface area contributed by atoms with Crippen LogP contribution in [0.15, 0.2) is 30.5 Å². The minimum absolute atomic E-state index is 0.0664. The fourth-order valence-electron chi connectivity index (χ4n) is 3.27. The number of benzene rings is 1. The first-order chi connectivity index (χ1) is 13.4. The molecule has 0 spiro atoms. The molecule has 1 aromatic heterocycles. The van der Waals surface area contributed by atoms with Gasteiger partial charge in [0.05, 0.1) is 17.3 Å². The number of anilines is 1. The summed E-state index contributed by atoms with van der Waals surface area (Å²) in [6, 6.07) is 2.37. The molecule has 8 nitrogen and oxygen atoms in total. The van der Waals surface area contributed by atoms with Crippen LogP contribution in [0.1, 0.15) is 29.3 Å². The molecule has 1 saturated heterocycles. The van der Waals surface area contributed by atoms with E-state index in [9.17, 15) is 26.4 Å². The van der Waals surface area contributed by atoms with Gasteiger partial charge in [0.2, 0.25) is 5.91 Å². The molecule has 1 fully saturated rings. The molecule has 0 radical (unpaired) electrons. The largest absolute Gasteiger partial charge is 0.416 e. The molecule has 29 heavy (non-hydrogen) atoms. The molecule has 2 heterocycles. The van der Waals surface area contributed by atoms with E-state index >= 15 is 0 Å². The molecule has 0 bridgehead atoms. The SMILES string of the molecule is Cc1nn(C)cc1[C@H]1C[C@H](C(=O)Nc2cccc(C(F)(F)F)c2)N(C)S(=O)(=O)N1. The predicted molar refractivity (Wildman–Crippen MR) is 99.0 cm³/mol. The highest BCUT2D eigenvalue weighted by molar-refractivity contribution is 7.87. The van der Waals surface area contributed by atoms with Crippen LogP contribution in [-0.4, -0.2) is 41.5 Å². The van der Waals surface area contributed by atoms with E-state index in [1.165, 1.54) is 23.9 Å². The molecule has 1 aliphatic rings. The van der Waals surface area contributed by atoms with Gasteiger partial charge in [0.15, 0.2) is 0 Å². The van der Waals surface area contributed by atoms with Crippen molar-refractivity contribution in [2.45, 2.75) is 31.6 Å². The van der Waals surface area contributed by atoms with Gasteiger partial charge in [-0.2, -0.15) is 35.7 Å². The first-order valence-electron chi connectivity index (χ1n) is 8.62. The number of hydrogen-bond acceptors (Lipinski definition) is 4. The first kappa shape index (κ1) is 21.3. The highest BCUT2D eigenvalue weighted by Gasteiger charge is 2.41. The van der Waals surface area contributed by atoms with E-state index in [1.54, 1.807) is 20.2 Å². The second-order valence-corrected chi connectivity index (χ2v) is 8.62. The van der Waals surface area contributed by atoms with Crippen LogP contribution >= 0.6 is 0 Å². The summed E-state index contributed by atoms with van der Waals surface area (Å²) in [5.74, 6) is -0.719. The number of alkyl halides is 3. The number of nitrogens with zero attached hydrogens (tertiary/aromatic N) is 3. The zero-order valence-corrected chi connectivity index (χ0v) is 16.7. The maximum atomic E-state index is 12.9. The number of nitrogens with one attached hydrogen (secondary N) is 2. The van der Waals surface area contributed by atoms with E-state index < -0.39 is 39.9 Å². The lowest BCUT2D eigenvalue weighted by atomic mass is 10.00. The van der Waals surface area contributed by atoms with Crippen LogP contribution in [0.25, 0.3) is 0 Å². The number of rotatable bonds is 3. The highest BCUT2D eigenvalue weighted by Crippen LogP contribution is 2.32. The molecule has 0 unspecified atom stereocenters. The highest BCUT2D eigenvalue weighted by atomic mass is 32.2. The third kappa shape index (κ3) is 4.43. The second kappa shape index (κ2) is 7.43. The Morgan fingerprint density at radius 2 is 2.00 bits per heavy atom. The lowest BCUT2D eigenvalue weighted by Crippen LogP contribution is -2.56. The fourth-order valence-corrected chi connectivity index (χ4v) is 4.54. The van der Waals surface area contributed by atoms with Gasteiger partial charge in [-0.15, -0.1) is 0 Å². The summed E-state index contributed by atoms with van der Waals surface area (Å²) in [5, 5.41) is 6.58. The van der Waals surface area contributed by atoms with Crippen molar-refractivity contribution in [2.75, 3.05) is 12.4 Å². The Labute approximate surface area is 165 Å². The van der Waals surface area contributed by atoms with Gasteiger partial charge in [-0.25, -0.2) is 0 Å². The Balaban J connectivity index is 1.86. The number of carbonyl (C=O) groups excluding carboxylic acids is 1. The van der Waals surface area contributed by atoms with Crippen LogP contribution in [0.3, 0.4) is 0 Å². The van der Waals surface area contributed by atoms with Gasteiger partial charge < -0.3 is 5.32 Å². The minimum Gasteiger partial charge on any atom is -0.325 e. The van der Waals surface area contributed by atoms with Crippen molar-refractivity contribution in [3.05, 3.63) is 47.3 Å². The number of amides is 1. The second-order valence-electron chi connectivity index (χ2n) is 6.85. The number of carbonyl (C=O) groups is 1. The quantitative estimate of drug-likeness (QED) is 0.777. The molecule has 1 aromatic carbocycles. The van der Waals surface area contributed by atoms with Crippen molar-refractivity contribution in [1.29, 1.82) is 0 Å². The molecule has 3 rings (SSSR count). The molecule has 2 atom stereocenters. The summed E-state index contributed by atoms with van der Waals surface area (Å²) < 4.78 is 68.6. The molecule has 2 N–H and O–H groups in total. The molecule has 0 aliphatic carbocycles. The Morgan fingerprint density at radius 1 is 1.31 bits per heavy atom. The van der Waals surface area contributed by atoms with E-state index in [-0.39, 0.29) is 12.1 Å². The van der Waals surface area contributed by atoms with Crippen LogP contribution in [0.5, 0.6) is 0 Å². The average molecular weight is 431 g/mol. The smallest absolute Gasteiger partial charge is 0.325 e. The Kier molecular flexibility index (Phi) is 5.45. The van der Waals surface area contributed by atoms with Crippen LogP contribution in [0.2, 0.25) is 0 Å². The summed E-state index contributed by atoms with van der Waals surface area (Å²) in [7, 11) is -1.05. The first-order valence-corrected chi connectivity index (χ1v) is 10.1. The summed E-state index contributed by atoms with van der Waals surface area (Å²) in [6.45, 7) is 1.72. The van der Waals surface area contributed by atoms with Crippen molar-refractivity contribution in [1.82, 2.24) is 18.8 Å². The molecule has 1 amide bonds. The minimum atomic E-state index is -4.56. The van der Waals surface area contributed by atoms with Crippen molar-refractivity contribution in [2.24, 2.45) is 7.05 Å². The molecular formula is C17H20F3N5O3S. The number of hydrogen-bond donors (Lipinski definition) is 2. The van der Waals surface area contributed by atoms with Crippen LogP contribution in [0.4, 0.5) is 18.9 Å². The van der Waals surface area contributed by atoms with E-state index in [0.29, 0.717) is 11.3 Å². The van der Waals surface area contributed by atoms with Crippen LogP contribution < -0.4 is 10.0 Å². The Morgan fingerprint density at radius 3 is 2.59 bits per heavy atom. The third-order valence-electron chi connectivity index (χ3n) is 4.76. The van der Waals surface area contributed by atoms with Gasteiger partial charge in [0.1, 0.15) is 6.04 Å². The Hall–Kier alpha value is -2.44. The number of aromatic nitrogens is 2. The van der Waals surface area contributed by atoms with Gasteiger partial charge >= 0.3 is 6.18 Å². The molecule has 12 heteroatoms. The van der Waals surface area contributed by atoms with Gasteiger partial charge in [0, 0.05) is 31.5 Å². The lowest BCUT2D eigenvalue weighted by molar-refractivity contribution is -0.137. The summed E-state index contributed by atoms with van der Waals surface area (Å²) in [4.78, 5) is 12.7. The van der Waals surface area contributed by atoms with Crippen LogP contribution in [0, 0.1) is 6.92 Å². The summed E-state index contributed by atoms with van der Waals surface area (Å²) in [6.07, 6.45) is -2.80. The van der Waals surface area contributed by atoms with Crippen molar-refractivity contribution in [3.8, 4) is 0 Å². The monoisotopic (exact) mass is 431 g/mol. The number of likely N-dealkylation sites (N-methyl/N-ethyl adjacent to an activating group) is 1. The lowest BCUT2D eigenvalue weighted by Gasteiger charge is -2.36. The van der Waals surface area contributed by atoms with Gasteiger partial charge in [-0.3, -0.25) is 9.48 Å². The molecule has 0 saturated carbocycles. The third-order valence-corrected chi connectivity index (χ3v) is 6.35. The number of aryl methyl sites for hydroxylation is 2. The van der Waals surface area contributed by atoms with Crippen molar-refractivity contribution >= 4 is 21.8 Å². The molecule has 2 aromatic rings. The molecular weight excluding hydrogens is 411 g/mol. The van der Waals surface area contributed by atoms with E-state index in [4.69, 9.17) is 0 Å². The maximum absolute atomic E-state index is 12.9. The van der Waals surface area contributed by atoms with E-state index in [1.807, 2.05) is 0 Å².